The number of rotatable bonds is 16. The van der Waals surface area contributed by atoms with Crippen LogP contribution in [0.1, 0.15) is 124 Å². The summed E-state index contributed by atoms with van der Waals surface area (Å²) in [5, 5.41) is 27.6. The molecule has 0 spiro atoms. The maximum Gasteiger partial charge on any atom is 2.00 e. The zero-order chi connectivity index (χ0) is 21.2. The minimum absolute atomic E-state index is 0. The van der Waals surface area contributed by atoms with Gasteiger partial charge in [-0.25, -0.2) is 0 Å². The van der Waals surface area contributed by atoms with E-state index in [0.29, 0.717) is 0 Å². The van der Waals surface area contributed by atoms with Crippen LogP contribution in [0.2, 0.25) is 0 Å². The summed E-state index contributed by atoms with van der Waals surface area (Å²) in [7, 11) is 0. The molecule has 5 nitrogen and oxygen atoms in total. The van der Waals surface area contributed by atoms with Crippen LogP contribution in [-0.2, 0) is 26.4 Å². The van der Waals surface area contributed by atoms with E-state index in [1.54, 1.807) is 6.92 Å². The van der Waals surface area contributed by atoms with Crippen molar-refractivity contribution in [1.82, 2.24) is 0 Å². The number of carboxylic acid groups (broad SMARTS) is 2. The molecule has 6 heteroatoms. The van der Waals surface area contributed by atoms with Crippen LogP contribution in [0.4, 0.5) is 0 Å². The third-order valence-electron chi connectivity index (χ3n) is 3.97. The molecule has 1 N–H and O–H groups in total. The van der Waals surface area contributed by atoms with E-state index in [2.05, 4.69) is 13.8 Å². The summed E-state index contributed by atoms with van der Waals surface area (Å²) in [5.74, 6) is -1.83. The minimum Gasteiger partial charge on any atom is -0.550 e. The van der Waals surface area contributed by atoms with Gasteiger partial charge < -0.3 is 24.9 Å². The zero-order valence-electron chi connectivity index (χ0n) is 18.4. The molecule has 0 fully saturated rings. The average molecular weight is 448 g/mol. The zero-order valence-corrected chi connectivity index (χ0v) is 19.5. The number of aliphatic hydroxyl groups is 1. The summed E-state index contributed by atoms with van der Waals surface area (Å²) in [6, 6.07) is 0. The SMILES string of the molecule is CCCCCCCCCC(=O)[O-].CCCCCCCCCC(=O)[O-].CCO.[Co+2]. The molecule has 0 bridgehead atoms. The summed E-state index contributed by atoms with van der Waals surface area (Å²) in [6.45, 7) is 6.31. The van der Waals surface area contributed by atoms with Crippen molar-refractivity contribution >= 4 is 11.9 Å². The fourth-order valence-electron chi connectivity index (χ4n) is 2.45. The molecule has 0 atom stereocenters. The van der Waals surface area contributed by atoms with Crippen LogP contribution in [-0.4, -0.2) is 23.7 Å². The number of carbonyl (C=O) groups excluding carboxylic acids is 2. The predicted molar refractivity (Wildman–Crippen MR) is 108 cm³/mol. The van der Waals surface area contributed by atoms with E-state index in [9.17, 15) is 19.8 Å². The maximum atomic E-state index is 10.0. The number of carboxylic acids is 2. The molecule has 0 rings (SSSR count). The van der Waals surface area contributed by atoms with Crippen molar-refractivity contribution in [3.05, 3.63) is 0 Å². The van der Waals surface area contributed by atoms with Gasteiger partial charge in [-0.2, -0.15) is 0 Å². The number of hydrogen-bond donors (Lipinski definition) is 1. The van der Waals surface area contributed by atoms with Gasteiger partial charge in [-0.3, -0.25) is 0 Å². The van der Waals surface area contributed by atoms with Gasteiger partial charge in [0.25, 0.3) is 0 Å². The van der Waals surface area contributed by atoms with Crippen LogP contribution in [0, 0.1) is 0 Å². The number of aliphatic hydroxyl groups excluding tert-OH is 1. The third-order valence-corrected chi connectivity index (χ3v) is 3.97. The first-order chi connectivity index (χ1) is 13.0. The molecule has 0 saturated carbocycles. The Balaban J connectivity index is -0.000000175. The van der Waals surface area contributed by atoms with Gasteiger partial charge in [0.15, 0.2) is 0 Å². The van der Waals surface area contributed by atoms with Crippen LogP contribution in [0.15, 0.2) is 0 Å². The van der Waals surface area contributed by atoms with E-state index in [1.165, 1.54) is 64.2 Å². The minimum atomic E-state index is -0.913. The summed E-state index contributed by atoms with van der Waals surface area (Å²) in [6.07, 6.45) is 16.7. The normalized spacial score (nSPS) is 9.29. The molecule has 0 aromatic rings. The van der Waals surface area contributed by atoms with Gasteiger partial charge in [0.05, 0.1) is 0 Å². The van der Waals surface area contributed by atoms with Gasteiger partial charge in [-0.1, -0.05) is 90.9 Å². The molecule has 0 saturated heterocycles. The first kappa shape index (κ1) is 34.9. The van der Waals surface area contributed by atoms with Crippen molar-refractivity contribution in [2.45, 2.75) is 124 Å². The molecule has 171 valence electrons. The smallest absolute Gasteiger partial charge is 0.550 e. The average Bonchev–Trinajstić information content (AvgIpc) is 2.61. The molecular formula is C22H44CoO5. The number of unbranched alkanes of at least 4 members (excludes halogenated alkanes) is 12. The van der Waals surface area contributed by atoms with Gasteiger partial charge in [-0.05, 0) is 32.6 Å². The van der Waals surface area contributed by atoms with Crippen molar-refractivity contribution in [3.63, 3.8) is 0 Å². The van der Waals surface area contributed by atoms with Crippen molar-refractivity contribution in [2.24, 2.45) is 0 Å². The maximum absolute atomic E-state index is 10.0. The monoisotopic (exact) mass is 447 g/mol. The standard InChI is InChI=1S/2C10H20O2.C2H6O.Co/c2*1-2-3-4-5-6-7-8-9-10(11)12;1-2-3;/h2*2-9H2,1H3,(H,11,12);3H,2H2,1H3;/q;;;+2/p-2. The van der Waals surface area contributed by atoms with Gasteiger partial charge in [0.2, 0.25) is 0 Å². The van der Waals surface area contributed by atoms with Crippen LogP contribution in [0.25, 0.3) is 0 Å². The molecule has 1 radical (unpaired) electrons. The van der Waals surface area contributed by atoms with Crippen molar-refractivity contribution in [3.8, 4) is 0 Å². The first-order valence-electron chi connectivity index (χ1n) is 11.0. The van der Waals surface area contributed by atoms with E-state index in [0.717, 1.165) is 25.7 Å². The van der Waals surface area contributed by atoms with Crippen LogP contribution in [0.5, 0.6) is 0 Å². The first-order valence-corrected chi connectivity index (χ1v) is 11.0. The van der Waals surface area contributed by atoms with E-state index < -0.39 is 11.9 Å². The van der Waals surface area contributed by atoms with Crippen LogP contribution >= 0.6 is 0 Å². The van der Waals surface area contributed by atoms with E-state index >= 15 is 0 Å². The van der Waals surface area contributed by atoms with Crippen molar-refractivity contribution in [1.29, 1.82) is 0 Å². The fraction of sp³-hybridized carbons (Fsp3) is 0.909. The summed E-state index contributed by atoms with van der Waals surface area (Å²) in [5.41, 5.74) is 0. The Kier molecular flexibility index (Phi) is 42.3. The second kappa shape index (κ2) is 34.0. The molecule has 0 aromatic heterocycles. The second-order valence-electron chi connectivity index (χ2n) is 6.80. The van der Waals surface area contributed by atoms with Gasteiger partial charge in [0.1, 0.15) is 0 Å². The molecule has 0 aliphatic heterocycles. The van der Waals surface area contributed by atoms with Gasteiger partial charge in [-0.15, -0.1) is 0 Å². The molecule has 0 aliphatic rings. The summed E-state index contributed by atoms with van der Waals surface area (Å²) in [4.78, 5) is 20.0. The largest absolute Gasteiger partial charge is 2.00 e. The van der Waals surface area contributed by atoms with Crippen LogP contribution in [0.3, 0.4) is 0 Å². The Hall–Kier alpha value is -0.594. The number of aliphatic carboxylic acids is 2. The predicted octanol–water partition coefficient (Wildman–Crippen LogP) is 3.75. The van der Waals surface area contributed by atoms with Crippen LogP contribution < -0.4 is 10.2 Å². The summed E-state index contributed by atoms with van der Waals surface area (Å²) >= 11 is 0. The molecule has 0 amide bonds. The molecule has 0 aromatic carbocycles. The molecule has 0 unspecified atom stereocenters. The van der Waals surface area contributed by atoms with Gasteiger partial charge in [0, 0.05) is 18.5 Å². The molecular weight excluding hydrogens is 403 g/mol. The van der Waals surface area contributed by atoms with Gasteiger partial charge >= 0.3 is 16.8 Å². The quantitative estimate of drug-likeness (QED) is 0.363. The molecule has 0 aliphatic carbocycles. The Labute approximate surface area is 183 Å². The second-order valence-corrected chi connectivity index (χ2v) is 6.80. The topological polar surface area (TPSA) is 100 Å². The molecule has 0 heterocycles. The summed E-state index contributed by atoms with van der Waals surface area (Å²) < 4.78 is 0. The molecule has 28 heavy (non-hydrogen) atoms. The number of hydrogen-bond acceptors (Lipinski definition) is 5. The van der Waals surface area contributed by atoms with E-state index in [4.69, 9.17) is 5.11 Å². The Morgan fingerprint density at radius 2 is 0.786 bits per heavy atom. The van der Waals surface area contributed by atoms with Crippen molar-refractivity contribution < 1.29 is 41.7 Å². The van der Waals surface area contributed by atoms with Crippen molar-refractivity contribution in [2.75, 3.05) is 6.61 Å². The third kappa shape index (κ3) is 49.9. The van der Waals surface area contributed by atoms with E-state index in [-0.39, 0.29) is 36.2 Å². The fourth-order valence-corrected chi connectivity index (χ4v) is 2.45. The Morgan fingerprint density at radius 1 is 0.571 bits per heavy atom. The Bertz CT molecular complexity index is 271. The Morgan fingerprint density at radius 3 is 1.00 bits per heavy atom. The number of carbonyl (C=O) groups is 2. The van der Waals surface area contributed by atoms with E-state index in [1.807, 2.05) is 0 Å².